The first-order valence-corrected chi connectivity index (χ1v) is 6.61. The Kier molecular flexibility index (Phi) is 2.82. The average molecular weight is 246 g/mol. The van der Waals surface area contributed by atoms with Gasteiger partial charge in [0.15, 0.2) is 0 Å². The van der Waals surface area contributed by atoms with Crippen LogP contribution in [0.2, 0.25) is 0 Å². The highest BCUT2D eigenvalue weighted by molar-refractivity contribution is 7.12. The highest BCUT2D eigenvalue weighted by Crippen LogP contribution is 2.39. The van der Waals surface area contributed by atoms with Crippen LogP contribution < -0.4 is 10.5 Å². The lowest BCUT2D eigenvalue weighted by Gasteiger charge is -2.15. The van der Waals surface area contributed by atoms with Crippen molar-refractivity contribution in [2.24, 2.45) is 5.73 Å². The molecule has 17 heavy (non-hydrogen) atoms. The van der Waals surface area contributed by atoms with Crippen LogP contribution in [0.3, 0.4) is 0 Å². The molecule has 1 aromatic carbocycles. The molecule has 0 bridgehead atoms. The standard InChI is InChI=1S/C13H14N2OS/c14-7-3-6-12-15-13-9-4-1-2-5-10(9)16-8-11(13)17-12/h1-2,4-5H,3,6-8,14H2. The maximum atomic E-state index is 5.71. The molecule has 0 radical (unpaired) electrons. The largest absolute Gasteiger partial charge is 0.487 e. The molecule has 1 aromatic heterocycles. The molecule has 0 fully saturated rings. The molecule has 0 amide bonds. The van der Waals surface area contributed by atoms with Gasteiger partial charge in [0.2, 0.25) is 0 Å². The zero-order valence-electron chi connectivity index (χ0n) is 9.48. The molecule has 2 N–H and O–H groups in total. The van der Waals surface area contributed by atoms with Crippen molar-refractivity contribution in [3.05, 3.63) is 34.2 Å². The third kappa shape index (κ3) is 1.94. The van der Waals surface area contributed by atoms with E-state index in [1.165, 1.54) is 9.88 Å². The van der Waals surface area contributed by atoms with Crippen molar-refractivity contribution >= 4 is 11.3 Å². The number of hydrogen-bond donors (Lipinski definition) is 1. The van der Waals surface area contributed by atoms with Gasteiger partial charge in [0, 0.05) is 12.0 Å². The van der Waals surface area contributed by atoms with Crippen LogP contribution >= 0.6 is 11.3 Å². The summed E-state index contributed by atoms with van der Waals surface area (Å²) in [6, 6.07) is 8.08. The van der Waals surface area contributed by atoms with Gasteiger partial charge < -0.3 is 10.5 Å². The van der Waals surface area contributed by atoms with Crippen LogP contribution in [0.25, 0.3) is 11.3 Å². The lowest BCUT2D eigenvalue weighted by molar-refractivity contribution is 0.305. The van der Waals surface area contributed by atoms with E-state index in [0.29, 0.717) is 6.61 Å². The van der Waals surface area contributed by atoms with Crippen LogP contribution in [-0.4, -0.2) is 11.5 Å². The zero-order valence-corrected chi connectivity index (χ0v) is 10.3. The van der Waals surface area contributed by atoms with E-state index in [1.807, 2.05) is 18.2 Å². The van der Waals surface area contributed by atoms with E-state index in [4.69, 9.17) is 15.5 Å². The summed E-state index contributed by atoms with van der Waals surface area (Å²) in [6.45, 7) is 1.37. The SMILES string of the molecule is NCCCc1nc2c(s1)COc1ccccc1-2. The quantitative estimate of drug-likeness (QED) is 0.905. The Morgan fingerprint density at radius 1 is 1.35 bits per heavy atom. The number of hydrogen-bond acceptors (Lipinski definition) is 4. The van der Waals surface area contributed by atoms with E-state index in [1.54, 1.807) is 11.3 Å². The van der Waals surface area contributed by atoms with E-state index in [2.05, 4.69) is 6.07 Å². The monoisotopic (exact) mass is 246 g/mol. The normalized spacial score (nSPS) is 12.8. The van der Waals surface area contributed by atoms with Crippen molar-refractivity contribution in [2.75, 3.05) is 6.54 Å². The Labute approximate surface area is 104 Å². The Morgan fingerprint density at radius 2 is 2.24 bits per heavy atom. The number of fused-ring (bicyclic) bond motifs is 3. The summed E-state index contributed by atoms with van der Waals surface area (Å²) in [5.74, 6) is 0.940. The van der Waals surface area contributed by atoms with Crippen molar-refractivity contribution in [2.45, 2.75) is 19.4 Å². The first kappa shape index (κ1) is 10.7. The predicted octanol–water partition coefficient (Wildman–Crippen LogP) is 2.59. The molecule has 0 spiro atoms. The Hall–Kier alpha value is -1.39. The number of nitrogens with two attached hydrogens (primary N) is 1. The van der Waals surface area contributed by atoms with Gasteiger partial charge in [-0.05, 0) is 25.1 Å². The first-order chi connectivity index (χ1) is 8.38. The molecular formula is C13H14N2OS. The zero-order chi connectivity index (χ0) is 11.7. The fraction of sp³-hybridized carbons (Fsp3) is 0.308. The van der Waals surface area contributed by atoms with Gasteiger partial charge in [-0.25, -0.2) is 4.98 Å². The van der Waals surface area contributed by atoms with Gasteiger partial charge in [-0.15, -0.1) is 11.3 Å². The molecule has 0 aliphatic carbocycles. The highest BCUT2D eigenvalue weighted by atomic mass is 32.1. The Morgan fingerprint density at radius 3 is 3.12 bits per heavy atom. The first-order valence-electron chi connectivity index (χ1n) is 5.79. The molecule has 3 nitrogen and oxygen atoms in total. The van der Waals surface area contributed by atoms with Gasteiger partial charge >= 0.3 is 0 Å². The number of ether oxygens (including phenoxy) is 1. The number of aromatic nitrogens is 1. The van der Waals surface area contributed by atoms with E-state index < -0.39 is 0 Å². The number of aryl methyl sites for hydroxylation is 1. The summed E-state index contributed by atoms with van der Waals surface area (Å²) < 4.78 is 5.71. The molecule has 0 saturated heterocycles. The van der Waals surface area contributed by atoms with E-state index in [-0.39, 0.29) is 0 Å². The number of benzene rings is 1. The van der Waals surface area contributed by atoms with E-state index in [0.717, 1.165) is 36.4 Å². The summed E-state index contributed by atoms with van der Waals surface area (Å²) in [4.78, 5) is 5.94. The van der Waals surface area contributed by atoms with Gasteiger partial charge in [0.1, 0.15) is 12.4 Å². The minimum Gasteiger partial charge on any atom is -0.487 e. The van der Waals surface area contributed by atoms with Gasteiger partial charge in [-0.3, -0.25) is 0 Å². The minimum atomic E-state index is 0.645. The molecule has 1 aliphatic heterocycles. The number of rotatable bonds is 3. The lowest BCUT2D eigenvalue weighted by Crippen LogP contribution is -2.02. The van der Waals surface area contributed by atoms with Crippen LogP contribution in [0.15, 0.2) is 24.3 Å². The minimum absolute atomic E-state index is 0.645. The summed E-state index contributed by atoms with van der Waals surface area (Å²) in [5, 5.41) is 1.17. The van der Waals surface area contributed by atoms with Crippen molar-refractivity contribution in [3.63, 3.8) is 0 Å². The van der Waals surface area contributed by atoms with E-state index >= 15 is 0 Å². The van der Waals surface area contributed by atoms with Crippen LogP contribution in [0.1, 0.15) is 16.3 Å². The summed E-state index contributed by atoms with van der Waals surface area (Å²) >= 11 is 1.75. The van der Waals surface area contributed by atoms with Gasteiger partial charge in [-0.1, -0.05) is 12.1 Å². The van der Waals surface area contributed by atoms with Crippen LogP contribution in [0.5, 0.6) is 5.75 Å². The molecule has 2 aromatic rings. The van der Waals surface area contributed by atoms with Crippen molar-refractivity contribution < 1.29 is 4.74 Å². The molecule has 3 rings (SSSR count). The number of para-hydroxylation sites is 1. The molecule has 2 heterocycles. The number of thiazole rings is 1. The summed E-state index contributed by atoms with van der Waals surface area (Å²) in [7, 11) is 0. The van der Waals surface area contributed by atoms with Crippen LogP contribution in [-0.2, 0) is 13.0 Å². The second-order valence-corrected chi connectivity index (χ2v) is 5.22. The van der Waals surface area contributed by atoms with Crippen molar-refractivity contribution in [1.82, 2.24) is 4.98 Å². The topological polar surface area (TPSA) is 48.1 Å². The summed E-state index contributed by atoms with van der Waals surface area (Å²) in [5.41, 5.74) is 7.74. The molecule has 88 valence electrons. The van der Waals surface area contributed by atoms with Crippen LogP contribution in [0, 0.1) is 0 Å². The van der Waals surface area contributed by atoms with Crippen LogP contribution in [0.4, 0.5) is 0 Å². The average Bonchev–Trinajstić information content (AvgIpc) is 2.79. The fourth-order valence-corrected chi connectivity index (χ4v) is 3.04. The third-order valence-corrected chi connectivity index (χ3v) is 3.93. The third-order valence-electron chi connectivity index (χ3n) is 2.84. The highest BCUT2D eigenvalue weighted by Gasteiger charge is 2.21. The molecular weight excluding hydrogens is 232 g/mol. The molecule has 1 aliphatic rings. The van der Waals surface area contributed by atoms with E-state index in [9.17, 15) is 0 Å². The molecule has 4 heteroatoms. The summed E-state index contributed by atoms with van der Waals surface area (Å²) in [6.07, 6.45) is 1.96. The second kappa shape index (κ2) is 4.47. The Bertz CT molecular complexity index is 536. The van der Waals surface area contributed by atoms with Crippen molar-refractivity contribution in [1.29, 1.82) is 0 Å². The number of nitrogens with zero attached hydrogens (tertiary/aromatic N) is 1. The maximum Gasteiger partial charge on any atom is 0.129 e. The smallest absolute Gasteiger partial charge is 0.129 e. The Balaban J connectivity index is 1.98. The van der Waals surface area contributed by atoms with Gasteiger partial charge in [-0.2, -0.15) is 0 Å². The molecule has 0 atom stereocenters. The second-order valence-electron chi connectivity index (χ2n) is 4.06. The predicted molar refractivity (Wildman–Crippen MR) is 69.3 cm³/mol. The molecule has 0 saturated carbocycles. The van der Waals surface area contributed by atoms with Gasteiger partial charge in [0.05, 0.1) is 15.6 Å². The lowest BCUT2D eigenvalue weighted by atomic mass is 10.1. The maximum absolute atomic E-state index is 5.71. The van der Waals surface area contributed by atoms with Gasteiger partial charge in [0.25, 0.3) is 0 Å². The van der Waals surface area contributed by atoms with Crippen molar-refractivity contribution in [3.8, 4) is 17.0 Å². The molecule has 0 unspecified atom stereocenters. The fourth-order valence-electron chi connectivity index (χ4n) is 2.00.